The largest absolute Gasteiger partial charge is 0.294 e. The van der Waals surface area contributed by atoms with Gasteiger partial charge in [0.25, 0.3) is 0 Å². The van der Waals surface area contributed by atoms with E-state index in [9.17, 15) is 22.0 Å². The van der Waals surface area contributed by atoms with Crippen LogP contribution in [0.15, 0.2) is 17.0 Å². The fraction of sp³-hybridized carbons (Fsp3) is 0.222. The summed E-state index contributed by atoms with van der Waals surface area (Å²) in [6.45, 7) is 0.966. The van der Waals surface area contributed by atoms with Crippen molar-refractivity contribution in [3.63, 3.8) is 0 Å². The summed E-state index contributed by atoms with van der Waals surface area (Å²) in [7, 11) is -3.80. The molecule has 0 radical (unpaired) electrons. The van der Waals surface area contributed by atoms with E-state index in [0.717, 1.165) is 25.3 Å². The van der Waals surface area contributed by atoms with Crippen LogP contribution in [0.1, 0.15) is 17.3 Å². The van der Waals surface area contributed by atoms with Crippen molar-refractivity contribution in [2.24, 2.45) is 0 Å². The predicted octanol–water partition coefficient (Wildman–Crippen LogP) is 1.57. The molecule has 6 heteroatoms. The first-order chi connectivity index (χ1) is 6.75. The lowest BCUT2D eigenvalue weighted by atomic mass is 10.1. The summed E-state index contributed by atoms with van der Waals surface area (Å²) in [4.78, 5) is 10.2. The van der Waals surface area contributed by atoms with Crippen LogP contribution in [0.25, 0.3) is 0 Å². The summed E-state index contributed by atoms with van der Waals surface area (Å²) in [5.41, 5.74) is -0.821. The van der Waals surface area contributed by atoms with Crippen molar-refractivity contribution in [2.45, 2.75) is 11.8 Å². The molecule has 0 heterocycles. The molecule has 0 aliphatic carbocycles. The number of benzene rings is 1. The van der Waals surface area contributed by atoms with E-state index < -0.39 is 37.7 Å². The van der Waals surface area contributed by atoms with E-state index in [1.807, 2.05) is 0 Å². The van der Waals surface area contributed by atoms with Gasteiger partial charge in [-0.2, -0.15) is 0 Å². The highest BCUT2D eigenvalue weighted by Gasteiger charge is 2.22. The van der Waals surface area contributed by atoms with E-state index in [0.29, 0.717) is 0 Å². The molecule has 0 aliphatic rings. The Hall–Kier alpha value is -1.30. The lowest BCUT2D eigenvalue weighted by Gasteiger charge is -2.05. The Morgan fingerprint density at radius 3 is 2.20 bits per heavy atom. The molecule has 1 aromatic carbocycles. The van der Waals surface area contributed by atoms with E-state index in [2.05, 4.69) is 0 Å². The Balaban J connectivity index is 3.64. The molecule has 0 unspecified atom stereocenters. The summed E-state index contributed by atoms with van der Waals surface area (Å²) < 4.78 is 48.6. The minimum Gasteiger partial charge on any atom is -0.294 e. The topological polar surface area (TPSA) is 51.2 Å². The van der Waals surface area contributed by atoms with Crippen molar-refractivity contribution in [1.29, 1.82) is 0 Å². The van der Waals surface area contributed by atoms with Gasteiger partial charge in [0.2, 0.25) is 0 Å². The van der Waals surface area contributed by atoms with Gasteiger partial charge in [-0.3, -0.25) is 4.79 Å². The molecule has 0 bridgehead atoms. The minimum absolute atomic E-state index is 0.672. The molecule has 0 amide bonds. The number of rotatable bonds is 2. The van der Waals surface area contributed by atoms with E-state index in [1.165, 1.54) is 0 Å². The number of carbonyl (C=O) groups is 1. The lowest BCUT2D eigenvalue weighted by Crippen LogP contribution is -2.08. The van der Waals surface area contributed by atoms with Crippen LogP contribution < -0.4 is 0 Å². The first-order valence-corrected chi connectivity index (χ1v) is 5.83. The van der Waals surface area contributed by atoms with Crippen LogP contribution in [0.3, 0.4) is 0 Å². The van der Waals surface area contributed by atoms with Gasteiger partial charge in [0, 0.05) is 6.26 Å². The lowest BCUT2D eigenvalue weighted by molar-refractivity contribution is 0.100. The quantitative estimate of drug-likeness (QED) is 0.576. The number of Topliss-reactive ketones (excluding diaryl/α,β-unsaturated/α-hetero) is 1. The van der Waals surface area contributed by atoms with Gasteiger partial charge in [-0.05, 0) is 19.1 Å². The Kier molecular flexibility index (Phi) is 2.90. The molecule has 0 spiro atoms. The van der Waals surface area contributed by atoms with Gasteiger partial charge in [0.15, 0.2) is 21.4 Å². The summed E-state index contributed by atoms with van der Waals surface area (Å²) >= 11 is 0. The number of ketones is 1. The summed E-state index contributed by atoms with van der Waals surface area (Å²) in [5, 5.41) is 0. The Bertz CT molecular complexity index is 520. The summed E-state index contributed by atoms with van der Waals surface area (Å²) in [5.74, 6) is -3.24. The maximum absolute atomic E-state index is 13.4. The third-order valence-electron chi connectivity index (χ3n) is 1.81. The van der Waals surface area contributed by atoms with Crippen molar-refractivity contribution in [2.75, 3.05) is 6.26 Å². The van der Waals surface area contributed by atoms with Crippen LogP contribution in [0.4, 0.5) is 8.78 Å². The van der Waals surface area contributed by atoms with Crippen LogP contribution in [-0.2, 0) is 9.84 Å². The third kappa shape index (κ3) is 2.20. The molecule has 0 saturated carbocycles. The monoisotopic (exact) mass is 234 g/mol. The zero-order chi connectivity index (χ0) is 11.8. The highest BCUT2D eigenvalue weighted by Crippen LogP contribution is 2.21. The van der Waals surface area contributed by atoms with E-state index in [4.69, 9.17) is 0 Å². The maximum Gasteiger partial charge on any atom is 0.178 e. The molecule has 15 heavy (non-hydrogen) atoms. The first kappa shape index (κ1) is 11.8. The molecule has 3 nitrogen and oxygen atoms in total. The van der Waals surface area contributed by atoms with Crippen molar-refractivity contribution in [3.8, 4) is 0 Å². The van der Waals surface area contributed by atoms with E-state index in [1.54, 1.807) is 0 Å². The second kappa shape index (κ2) is 3.69. The predicted molar refractivity (Wildman–Crippen MR) is 49.5 cm³/mol. The summed E-state index contributed by atoms with van der Waals surface area (Å²) in [6.07, 6.45) is 0.785. The highest BCUT2D eigenvalue weighted by molar-refractivity contribution is 7.90. The SMILES string of the molecule is CC(=O)c1c(F)ccc(S(C)(=O)=O)c1F. The Morgan fingerprint density at radius 1 is 1.27 bits per heavy atom. The molecule has 82 valence electrons. The second-order valence-electron chi connectivity index (χ2n) is 3.06. The van der Waals surface area contributed by atoms with Crippen molar-refractivity contribution in [1.82, 2.24) is 0 Å². The van der Waals surface area contributed by atoms with Crippen LogP contribution in [-0.4, -0.2) is 20.5 Å². The standard InChI is InChI=1S/C9H8F2O3S/c1-5(12)8-6(10)3-4-7(9(8)11)15(2,13)14/h3-4H,1-2H3. The van der Waals surface area contributed by atoms with Crippen LogP contribution >= 0.6 is 0 Å². The Labute approximate surface area is 85.6 Å². The van der Waals surface area contributed by atoms with Crippen LogP contribution in [0, 0.1) is 11.6 Å². The van der Waals surface area contributed by atoms with Gasteiger partial charge >= 0.3 is 0 Å². The highest BCUT2D eigenvalue weighted by atomic mass is 32.2. The molecule has 0 aromatic heterocycles. The van der Waals surface area contributed by atoms with Gasteiger partial charge in [0.1, 0.15) is 10.7 Å². The number of halogens is 2. The molecule has 0 atom stereocenters. The molecule has 0 N–H and O–H groups in total. The van der Waals surface area contributed by atoms with Crippen molar-refractivity contribution >= 4 is 15.6 Å². The average Bonchev–Trinajstić information content (AvgIpc) is 2.00. The normalized spacial score (nSPS) is 11.5. The van der Waals surface area contributed by atoms with E-state index >= 15 is 0 Å². The molecule has 1 rings (SSSR count). The number of hydrogen-bond acceptors (Lipinski definition) is 3. The zero-order valence-corrected chi connectivity index (χ0v) is 8.86. The smallest absolute Gasteiger partial charge is 0.178 e. The first-order valence-electron chi connectivity index (χ1n) is 3.94. The third-order valence-corrected chi connectivity index (χ3v) is 2.92. The maximum atomic E-state index is 13.4. The van der Waals surface area contributed by atoms with Gasteiger partial charge in [-0.25, -0.2) is 17.2 Å². The molecule has 0 fully saturated rings. The molecule has 1 aromatic rings. The van der Waals surface area contributed by atoms with Gasteiger partial charge < -0.3 is 0 Å². The van der Waals surface area contributed by atoms with Gasteiger partial charge in [-0.15, -0.1) is 0 Å². The second-order valence-corrected chi connectivity index (χ2v) is 5.05. The van der Waals surface area contributed by atoms with Crippen molar-refractivity contribution in [3.05, 3.63) is 29.3 Å². The number of carbonyl (C=O) groups excluding carboxylic acids is 1. The molecule has 0 saturated heterocycles. The van der Waals surface area contributed by atoms with Crippen molar-refractivity contribution < 1.29 is 22.0 Å². The summed E-state index contributed by atoms with van der Waals surface area (Å²) in [6, 6.07) is 1.56. The van der Waals surface area contributed by atoms with E-state index in [-0.39, 0.29) is 0 Å². The fourth-order valence-corrected chi connectivity index (χ4v) is 1.89. The molecular formula is C9H8F2O3S. The molecular weight excluding hydrogens is 226 g/mol. The van der Waals surface area contributed by atoms with Crippen LogP contribution in [0.2, 0.25) is 0 Å². The fourth-order valence-electron chi connectivity index (χ4n) is 1.14. The van der Waals surface area contributed by atoms with Crippen LogP contribution in [0.5, 0.6) is 0 Å². The average molecular weight is 234 g/mol. The number of sulfone groups is 1. The number of hydrogen-bond donors (Lipinski definition) is 0. The minimum atomic E-state index is -3.80. The van der Waals surface area contributed by atoms with Gasteiger partial charge in [0.05, 0.1) is 5.56 Å². The van der Waals surface area contributed by atoms with Gasteiger partial charge in [-0.1, -0.05) is 0 Å². The molecule has 0 aliphatic heterocycles. The zero-order valence-electron chi connectivity index (χ0n) is 8.04. The Morgan fingerprint density at radius 2 is 1.80 bits per heavy atom.